The van der Waals surface area contributed by atoms with E-state index >= 15 is 0 Å². The largest absolute Gasteiger partial charge is 0.349 e. The van der Waals surface area contributed by atoms with Crippen LogP contribution < -0.4 is 11.1 Å². The summed E-state index contributed by atoms with van der Waals surface area (Å²) in [6.07, 6.45) is 3.59. The number of hydrogen-bond donors (Lipinski definition) is 2. The number of benzene rings is 1. The second kappa shape index (κ2) is 5.48. The standard InChI is InChI=1S/C14H19FN2O/c1-9-3-2-4-12(13(9)15)14(18)17-11-7-5-10(16)6-8-11/h2-4,10-11H,5-8,16H2,1H3,(H,17,18). The van der Waals surface area contributed by atoms with Crippen LogP contribution in [-0.2, 0) is 0 Å². The number of rotatable bonds is 2. The number of carbonyl (C=O) groups is 1. The molecule has 2 rings (SSSR count). The van der Waals surface area contributed by atoms with Crippen LogP contribution in [0.15, 0.2) is 18.2 Å². The average Bonchev–Trinajstić information content (AvgIpc) is 2.35. The van der Waals surface area contributed by atoms with Gasteiger partial charge in [-0.15, -0.1) is 0 Å². The van der Waals surface area contributed by atoms with Gasteiger partial charge < -0.3 is 11.1 Å². The van der Waals surface area contributed by atoms with Gasteiger partial charge in [0, 0.05) is 12.1 Å². The van der Waals surface area contributed by atoms with Crippen molar-refractivity contribution >= 4 is 5.91 Å². The predicted octanol–water partition coefficient (Wildman–Crippen LogP) is 2.13. The number of nitrogens with one attached hydrogen (secondary N) is 1. The average molecular weight is 250 g/mol. The first kappa shape index (κ1) is 13.0. The highest BCUT2D eigenvalue weighted by Crippen LogP contribution is 2.18. The highest BCUT2D eigenvalue weighted by molar-refractivity contribution is 5.94. The van der Waals surface area contributed by atoms with Crippen molar-refractivity contribution < 1.29 is 9.18 Å². The van der Waals surface area contributed by atoms with Crippen molar-refractivity contribution in [1.29, 1.82) is 0 Å². The Balaban J connectivity index is 2.01. The van der Waals surface area contributed by atoms with Crippen LogP contribution in [0.25, 0.3) is 0 Å². The summed E-state index contributed by atoms with van der Waals surface area (Å²) in [5, 5.41) is 2.89. The zero-order valence-corrected chi connectivity index (χ0v) is 10.6. The maximum atomic E-state index is 13.8. The van der Waals surface area contributed by atoms with E-state index in [0.717, 1.165) is 25.7 Å². The molecule has 1 aliphatic rings. The van der Waals surface area contributed by atoms with E-state index in [1.165, 1.54) is 6.07 Å². The second-order valence-electron chi connectivity index (χ2n) is 5.02. The molecular formula is C14H19FN2O. The van der Waals surface area contributed by atoms with E-state index < -0.39 is 5.82 Å². The van der Waals surface area contributed by atoms with Gasteiger partial charge in [0.05, 0.1) is 5.56 Å². The first-order chi connectivity index (χ1) is 8.58. The molecule has 0 spiro atoms. The second-order valence-corrected chi connectivity index (χ2v) is 5.02. The smallest absolute Gasteiger partial charge is 0.254 e. The molecule has 4 heteroatoms. The molecule has 0 aliphatic heterocycles. The van der Waals surface area contributed by atoms with Crippen molar-refractivity contribution in [2.24, 2.45) is 5.73 Å². The Morgan fingerprint density at radius 1 is 1.33 bits per heavy atom. The SMILES string of the molecule is Cc1cccc(C(=O)NC2CCC(N)CC2)c1F. The zero-order chi connectivity index (χ0) is 13.1. The molecule has 0 aromatic heterocycles. The highest BCUT2D eigenvalue weighted by atomic mass is 19.1. The fourth-order valence-corrected chi connectivity index (χ4v) is 2.35. The normalized spacial score (nSPS) is 23.7. The van der Waals surface area contributed by atoms with Crippen LogP contribution in [-0.4, -0.2) is 18.0 Å². The van der Waals surface area contributed by atoms with E-state index in [0.29, 0.717) is 5.56 Å². The van der Waals surface area contributed by atoms with Gasteiger partial charge in [-0.05, 0) is 44.2 Å². The number of aryl methyl sites for hydroxylation is 1. The lowest BCUT2D eigenvalue weighted by molar-refractivity contribution is 0.0921. The monoisotopic (exact) mass is 250 g/mol. The van der Waals surface area contributed by atoms with Crippen molar-refractivity contribution in [3.63, 3.8) is 0 Å². The molecule has 1 saturated carbocycles. The van der Waals surface area contributed by atoms with Crippen LogP contribution in [0.4, 0.5) is 4.39 Å². The van der Waals surface area contributed by atoms with Crippen LogP contribution in [0.1, 0.15) is 41.6 Å². The molecular weight excluding hydrogens is 231 g/mol. The molecule has 0 radical (unpaired) electrons. The number of halogens is 1. The molecule has 0 bridgehead atoms. The summed E-state index contributed by atoms with van der Waals surface area (Å²) >= 11 is 0. The third-order valence-corrected chi connectivity index (χ3v) is 3.54. The van der Waals surface area contributed by atoms with E-state index in [9.17, 15) is 9.18 Å². The minimum atomic E-state index is -0.428. The third kappa shape index (κ3) is 2.88. The Kier molecular flexibility index (Phi) is 3.97. The molecule has 18 heavy (non-hydrogen) atoms. The van der Waals surface area contributed by atoms with Gasteiger partial charge in [-0.25, -0.2) is 4.39 Å². The van der Waals surface area contributed by atoms with E-state index in [2.05, 4.69) is 5.32 Å². The van der Waals surface area contributed by atoms with Gasteiger partial charge in [-0.1, -0.05) is 12.1 Å². The van der Waals surface area contributed by atoms with E-state index in [1.807, 2.05) is 0 Å². The third-order valence-electron chi connectivity index (χ3n) is 3.54. The number of carbonyl (C=O) groups excluding carboxylic acids is 1. The van der Waals surface area contributed by atoms with Crippen LogP contribution >= 0.6 is 0 Å². The van der Waals surface area contributed by atoms with Crippen LogP contribution in [0.3, 0.4) is 0 Å². The van der Waals surface area contributed by atoms with E-state index in [-0.39, 0.29) is 23.6 Å². The van der Waals surface area contributed by atoms with Crippen molar-refractivity contribution in [3.8, 4) is 0 Å². The minimum absolute atomic E-state index is 0.122. The first-order valence-electron chi connectivity index (χ1n) is 6.39. The Morgan fingerprint density at radius 2 is 2.00 bits per heavy atom. The maximum Gasteiger partial charge on any atom is 0.254 e. The van der Waals surface area contributed by atoms with Crippen LogP contribution in [0, 0.1) is 12.7 Å². The van der Waals surface area contributed by atoms with E-state index in [1.54, 1.807) is 19.1 Å². The van der Waals surface area contributed by atoms with Gasteiger partial charge in [0.2, 0.25) is 0 Å². The highest BCUT2D eigenvalue weighted by Gasteiger charge is 2.22. The zero-order valence-electron chi connectivity index (χ0n) is 10.6. The Labute approximate surface area is 107 Å². The molecule has 1 fully saturated rings. The maximum absolute atomic E-state index is 13.8. The van der Waals surface area contributed by atoms with Crippen LogP contribution in [0.5, 0.6) is 0 Å². The summed E-state index contributed by atoms with van der Waals surface area (Å²) in [5.74, 6) is -0.751. The van der Waals surface area contributed by atoms with Gasteiger partial charge in [0.1, 0.15) is 5.82 Å². The quantitative estimate of drug-likeness (QED) is 0.845. The Bertz CT molecular complexity index is 439. The summed E-state index contributed by atoms with van der Waals surface area (Å²) < 4.78 is 13.8. The molecule has 1 aliphatic carbocycles. The summed E-state index contributed by atoms with van der Waals surface area (Å²) in [4.78, 5) is 12.0. The van der Waals surface area contributed by atoms with Crippen molar-refractivity contribution in [1.82, 2.24) is 5.32 Å². The Hall–Kier alpha value is -1.42. The van der Waals surface area contributed by atoms with Crippen molar-refractivity contribution in [3.05, 3.63) is 35.1 Å². The lowest BCUT2D eigenvalue weighted by Crippen LogP contribution is -2.40. The number of hydrogen-bond acceptors (Lipinski definition) is 2. The molecule has 1 aromatic rings. The summed E-state index contributed by atoms with van der Waals surface area (Å²) in [5.41, 5.74) is 6.43. The van der Waals surface area contributed by atoms with Gasteiger partial charge in [0.25, 0.3) is 5.91 Å². The Morgan fingerprint density at radius 3 is 2.67 bits per heavy atom. The summed E-state index contributed by atoms with van der Waals surface area (Å²) in [6, 6.07) is 5.24. The lowest BCUT2D eigenvalue weighted by Gasteiger charge is -2.26. The molecule has 1 aromatic carbocycles. The predicted molar refractivity (Wildman–Crippen MR) is 68.8 cm³/mol. The number of amides is 1. The van der Waals surface area contributed by atoms with Gasteiger partial charge in [0.15, 0.2) is 0 Å². The molecule has 0 heterocycles. The fourth-order valence-electron chi connectivity index (χ4n) is 2.35. The van der Waals surface area contributed by atoms with Gasteiger partial charge in [-0.3, -0.25) is 4.79 Å². The van der Waals surface area contributed by atoms with Gasteiger partial charge >= 0.3 is 0 Å². The lowest BCUT2D eigenvalue weighted by atomic mass is 9.91. The molecule has 0 atom stereocenters. The summed E-state index contributed by atoms with van der Waals surface area (Å²) in [7, 11) is 0. The fraction of sp³-hybridized carbons (Fsp3) is 0.500. The van der Waals surface area contributed by atoms with Gasteiger partial charge in [-0.2, -0.15) is 0 Å². The molecule has 3 N–H and O–H groups in total. The molecule has 0 unspecified atom stereocenters. The molecule has 0 saturated heterocycles. The van der Waals surface area contributed by atoms with Crippen molar-refractivity contribution in [2.75, 3.05) is 0 Å². The topological polar surface area (TPSA) is 55.1 Å². The van der Waals surface area contributed by atoms with Crippen molar-refractivity contribution in [2.45, 2.75) is 44.7 Å². The number of nitrogens with two attached hydrogens (primary N) is 1. The molecule has 98 valence electrons. The molecule has 1 amide bonds. The molecule has 3 nitrogen and oxygen atoms in total. The minimum Gasteiger partial charge on any atom is -0.349 e. The van der Waals surface area contributed by atoms with Crippen LogP contribution in [0.2, 0.25) is 0 Å². The van der Waals surface area contributed by atoms with E-state index in [4.69, 9.17) is 5.73 Å². The summed E-state index contributed by atoms with van der Waals surface area (Å²) in [6.45, 7) is 1.66. The first-order valence-corrected chi connectivity index (χ1v) is 6.39.